The number of carbonyl (C=O) groups excluding carboxylic acids is 1. The van der Waals surface area contributed by atoms with Gasteiger partial charge in [0.05, 0.1) is 12.2 Å². The van der Waals surface area contributed by atoms with E-state index < -0.39 is 11.9 Å². The number of carboxylic acid groups (broad SMARTS) is 1. The summed E-state index contributed by atoms with van der Waals surface area (Å²) in [5.41, 5.74) is 1.46. The van der Waals surface area contributed by atoms with Crippen LogP contribution in [0.1, 0.15) is 11.4 Å². The number of rotatable bonds is 2. The molecule has 1 aromatic rings. The number of amides is 1. The number of aliphatic carboxylic acids is 1. The third kappa shape index (κ3) is 2.58. The highest BCUT2D eigenvalue weighted by Crippen LogP contribution is 1.96. The summed E-state index contributed by atoms with van der Waals surface area (Å²) in [5, 5.41) is 16.9. The maximum absolute atomic E-state index is 10.6. The van der Waals surface area contributed by atoms with E-state index in [4.69, 9.17) is 5.11 Å². The number of carboxylic acids is 1. The Morgan fingerprint density at radius 1 is 1.69 bits per heavy atom. The number of aromatic amines is 1. The number of nitrogens with one attached hydrogen (secondary N) is 2. The second kappa shape index (κ2) is 3.70. The predicted octanol–water partition coefficient (Wildman–Crippen LogP) is -0.581. The van der Waals surface area contributed by atoms with Crippen LogP contribution >= 0.6 is 0 Å². The predicted molar refractivity (Wildman–Crippen MR) is 42.8 cm³/mol. The maximum Gasteiger partial charge on any atom is 0.394 e. The van der Waals surface area contributed by atoms with Gasteiger partial charge in [-0.15, -0.1) is 0 Å². The molecule has 3 N–H and O–H groups in total. The van der Waals surface area contributed by atoms with Crippen LogP contribution in [0, 0.1) is 6.92 Å². The first-order chi connectivity index (χ1) is 6.09. The number of aryl methyl sites for hydroxylation is 1. The van der Waals surface area contributed by atoms with Crippen LogP contribution in [0.2, 0.25) is 0 Å². The van der Waals surface area contributed by atoms with Crippen LogP contribution in [-0.2, 0) is 16.1 Å². The van der Waals surface area contributed by atoms with Gasteiger partial charge in [0.25, 0.3) is 0 Å². The van der Waals surface area contributed by atoms with E-state index in [0.29, 0.717) is 5.69 Å². The van der Waals surface area contributed by atoms with E-state index in [0.717, 1.165) is 5.69 Å². The SMILES string of the molecule is Cc1cc(CNC(=O)C(=O)O)n[nH]1. The van der Waals surface area contributed by atoms with Crippen molar-refractivity contribution in [3.63, 3.8) is 0 Å². The Labute approximate surface area is 74.0 Å². The average molecular weight is 183 g/mol. The first-order valence-corrected chi connectivity index (χ1v) is 3.61. The minimum atomic E-state index is -1.49. The summed E-state index contributed by atoms with van der Waals surface area (Å²) in [6.45, 7) is 1.94. The minimum Gasteiger partial charge on any atom is -0.474 e. The van der Waals surface area contributed by atoms with Crippen LogP contribution in [-0.4, -0.2) is 27.2 Å². The highest BCUT2D eigenvalue weighted by Gasteiger charge is 2.10. The van der Waals surface area contributed by atoms with Crippen molar-refractivity contribution in [1.29, 1.82) is 0 Å². The second-order valence-electron chi connectivity index (χ2n) is 2.53. The van der Waals surface area contributed by atoms with Crippen molar-refractivity contribution in [2.24, 2.45) is 0 Å². The molecule has 0 radical (unpaired) electrons. The molecule has 6 heteroatoms. The first-order valence-electron chi connectivity index (χ1n) is 3.61. The standard InChI is InChI=1S/C7H9N3O3/c1-4-2-5(10-9-4)3-8-6(11)7(12)13/h2H,3H2,1H3,(H,8,11)(H,9,10)(H,12,13). The van der Waals surface area contributed by atoms with Gasteiger partial charge in [-0.05, 0) is 13.0 Å². The molecular weight excluding hydrogens is 174 g/mol. The van der Waals surface area contributed by atoms with Gasteiger partial charge in [-0.3, -0.25) is 9.89 Å². The zero-order valence-corrected chi connectivity index (χ0v) is 7.00. The maximum atomic E-state index is 10.6. The van der Waals surface area contributed by atoms with E-state index in [1.54, 1.807) is 6.07 Å². The molecule has 13 heavy (non-hydrogen) atoms. The largest absolute Gasteiger partial charge is 0.474 e. The fraction of sp³-hybridized carbons (Fsp3) is 0.286. The van der Waals surface area contributed by atoms with Gasteiger partial charge in [0.2, 0.25) is 0 Å². The Kier molecular flexibility index (Phi) is 2.63. The lowest BCUT2D eigenvalue weighted by Gasteiger charge is -1.96. The topological polar surface area (TPSA) is 95.1 Å². The minimum absolute atomic E-state index is 0.121. The Balaban J connectivity index is 2.44. The molecular formula is C7H9N3O3. The molecule has 0 aliphatic carbocycles. The van der Waals surface area contributed by atoms with Crippen LogP contribution in [0.15, 0.2) is 6.07 Å². The number of aromatic nitrogens is 2. The van der Waals surface area contributed by atoms with Crippen LogP contribution < -0.4 is 5.32 Å². The molecule has 0 unspecified atom stereocenters. The summed E-state index contributed by atoms with van der Waals surface area (Å²) in [5.74, 6) is -2.52. The van der Waals surface area contributed by atoms with Crippen molar-refractivity contribution in [1.82, 2.24) is 15.5 Å². The van der Waals surface area contributed by atoms with E-state index in [1.807, 2.05) is 6.92 Å². The molecule has 0 fully saturated rings. The van der Waals surface area contributed by atoms with Gasteiger partial charge < -0.3 is 10.4 Å². The second-order valence-corrected chi connectivity index (χ2v) is 2.53. The molecule has 6 nitrogen and oxygen atoms in total. The molecule has 0 aliphatic heterocycles. The van der Waals surface area contributed by atoms with Crippen molar-refractivity contribution >= 4 is 11.9 Å². The molecule has 0 aliphatic rings. The van der Waals surface area contributed by atoms with Gasteiger partial charge in [-0.25, -0.2) is 4.79 Å². The molecule has 0 aromatic carbocycles. The monoisotopic (exact) mass is 183 g/mol. The van der Waals surface area contributed by atoms with E-state index in [2.05, 4.69) is 15.5 Å². The van der Waals surface area contributed by atoms with Crippen molar-refractivity contribution in [3.8, 4) is 0 Å². The Hall–Kier alpha value is -1.85. The first kappa shape index (κ1) is 9.24. The van der Waals surface area contributed by atoms with Crippen molar-refractivity contribution in [2.45, 2.75) is 13.5 Å². The van der Waals surface area contributed by atoms with Gasteiger partial charge in [-0.1, -0.05) is 0 Å². The fourth-order valence-corrected chi connectivity index (χ4v) is 0.811. The lowest BCUT2D eigenvalue weighted by Crippen LogP contribution is -2.30. The number of carbonyl (C=O) groups is 2. The molecule has 0 saturated carbocycles. The average Bonchev–Trinajstić information content (AvgIpc) is 2.47. The van der Waals surface area contributed by atoms with E-state index in [1.165, 1.54) is 0 Å². The lowest BCUT2D eigenvalue weighted by atomic mass is 10.4. The summed E-state index contributed by atoms with van der Waals surface area (Å²) in [7, 11) is 0. The van der Waals surface area contributed by atoms with Crippen LogP contribution in [0.5, 0.6) is 0 Å². The van der Waals surface area contributed by atoms with Crippen molar-refractivity contribution in [3.05, 3.63) is 17.5 Å². The van der Waals surface area contributed by atoms with Crippen LogP contribution in [0.3, 0.4) is 0 Å². The molecule has 1 aromatic heterocycles. The van der Waals surface area contributed by atoms with Gasteiger partial charge in [0.15, 0.2) is 0 Å². The molecule has 0 atom stereocenters. The number of hydrogen-bond donors (Lipinski definition) is 3. The Bertz CT molecular complexity index is 331. The third-order valence-electron chi connectivity index (χ3n) is 1.38. The summed E-state index contributed by atoms with van der Waals surface area (Å²) in [6.07, 6.45) is 0. The van der Waals surface area contributed by atoms with E-state index in [9.17, 15) is 9.59 Å². The van der Waals surface area contributed by atoms with Crippen LogP contribution in [0.4, 0.5) is 0 Å². The molecule has 0 bridgehead atoms. The lowest BCUT2D eigenvalue weighted by molar-refractivity contribution is -0.150. The molecule has 1 rings (SSSR count). The number of nitrogens with zero attached hydrogens (tertiary/aromatic N) is 1. The van der Waals surface area contributed by atoms with Gasteiger partial charge >= 0.3 is 11.9 Å². The number of hydrogen-bond acceptors (Lipinski definition) is 3. The van der Waals surface area contributed by atoms with Gasteiger partial charge in [0, 0.05) is 5.69 Å². The summed E-state index contributed by atoms with van der Waals surface area (Å²) < 4.78 is 0. The number of H-pyrrole nitrogens is 1. The van der Waals surface area contributed by atoms with Crippen molar-refractivity contribution in [2.75, 3.05) is 0 Å². The summed E-state index contributed by atoms with van der Waals surface area (Å²) in [4.78, 5) is 20.7. The Morgan fingerprint density at radius 2 is 2.38 bits per heavy atom. The molecule has 0 spiro atoms. The summed E-state index contributed by atoms with van der Waals surface area (Å²) in [6, 6.07) is 1.72. The highest BCUT2D eigenvalue weighted by atomic mass is 16.4. The molecule has 1 amide bonds. The fourth-order valence-electron chi connectivity index (χ4n) is 0.811. The summed E-state index contributed by atoms with van der Waals surface area (Å²) >= 11 is 0. The highest BCUT2D eigenvalue weighted by molar-refractivity contribution is 6.31. The quantitative estimate of drug-likeness (QED) is 0.534. The van der Waals surface area contributed by atoms with Crippen LogP contribution in [0.25, 0.3) is 0 Å². The van der Waals surface area contributed by atoms with Gasteiger partial charge in [0.1, 0.15) is 0 Å². The molecule has 0 saturated heterocycles. The van der Waals surface area contributed by atoms with E-state index >= 15 is 0 Å². The molecule has 1 heterocycles. The normalized spacial score (nSPS) is 9.62. The van der Waals surface area contributed by atoms with Gasteiger partial charge in [-0.2, -0.15) is 5.10 Å². The zero-order chi connectivity index (χ0) is 9.84. The van der Waals surface area contributed by atoms with E-state index in [-0.39, 0.29) is 6.54 Å². The Morgan fingerprint density at radius 3 is 2.85 bits per heavy atom. The zero-order valence-electron chi connectivity index (χ0n) is 7.00. The smallest absolute Gasteiger partial charge is 0.394 e. The molecule has 70 valence electrons. The third-order valence-corrected chi connectivity index (χ3v) is 1.38. The van der Waals surface area contributed by atoms with Crippen molar-refractivity contribution < 1.29 is 14.7 Å².